The zero-order valence-electron chi connectivity index (χ0n) is 12.0. The summed E-state index contributed by atoms with van der Waals surface area (Å²) in [5.74, 6) is 0.259. The van der Waals surface area contributed by atoms with Crippen molar-refractivity contribution in [3.63, 3.8) is 0 Å². The van der Waals surface area contributed by atoms with Crippen molar-refractivity contribution in [1.29, 1.82) is 0 Å². The Morgan fingerprint density at radius 1 is 1.00 bits per heavy atom. The van der Waals surface area contributed by atoms with Crippen molar-refractivity contribution in [3.8, 4) is 22.9 Å². The molecule has 0 saturated carbocycles. The quantitative estimate of drug-likeness (QED) is 0.562. The maximum absolute atomic E-state index is 11.4. The van der Waals surface area contributed by atoms with E-state index in [-0.39, 0.29) is 22.4 Å². The highest BCUT2D eigenvalue weighted by atomic mass is 32.2. The van der Waals surface area contributed by atoms with Gasteiger partial charge in [-0.3, -0.25) is 10.1 Å². The Hall–Kier alpha value is -3.11. The molecule has 9 nitrogen and oxygen atoms in total. The molecule has 0 radical (unpaired) electrons. The predicted molar refractivity (Wildman–Crippen MR) is 83.2 cm³/mol. The second-order valence-corrected chi connectivity index (χ2v) is 6.35. The highest BCUT2D eigenvalue weighted by molar-refractivity contribution is 7.89. The Labute approximate surface area is 136 Å². The summed E-state index contributed by atoms with van der Waals surface area (Å²) in [6.07, 6.45) is 0. The van der Waals surface area contributed by atoms with E-state index in [0.717, 1.165) is 0 Å². The normalized spacial score (nSPS) is 11.4. The molecule has 3 aromatic rings. The van der Waals surface area contributed by atoms with Gasteiger partial charge in [-0.25, -0.2) is 13.6 Å². The molecule has 0 aliphatic heterocycles. The molecule has 0 bridgehead atoms. The largest absolute Gasteiger partial charge is 0.416 e. The van der Waals surface area contributed by atoms with E-state index in [1.54, 1.807) is 6.07 Å². The van der Waals surface area contributed by atoms with Gasteiger partial charge >= 0.3 is 0 Å². The molecule has 1 aromatic heterocycles. The minimum absolute atomic E-state index is 0.0562. The summed E-state index contributed by atoms with van der Waals surface area (Å²) in [7, 11) is -3.85. The number of non-ortho nitro benzene ring substituents is 1. The molecule has 24 heavy (non-hydrogen) atoms. The number of primary sulfonamides is 1. The lowest BCUT2D eigenvalue weighted by Crippen LogP contribution is -2.11. The fraction of sp³-hybridized carbons (Fsp3) is 0. The number of rotatable bonds is 4. The van der Waals surface area contributed by atoms with Crippen molar-refractivity contribution >= 4 is 15.7 Å². The molecule has 0 amide bonds. The first kappa shape index (κ1) is 15.8. The smallest absolute Gasteiger partial charge is 0.269 e. The molecule has 10 heteroatoms. The summed E-state index contributed by atoms with van der Waals surface area (Å²) < 4.78 is 28.3. The van der Waals surface area contributed by atoms with Crippen LogP contribution in [0.25, 0.3) is 22.9 Å². The number of hydrogen-bond acceptors (Lipinski definition) is 7. The van der Waals surface area contributed by atoms with E-state index in [1.807, 2.05) is 0 Å². The number of nitrogens with two attached hydrogens (primary N) is 1. The van der Waals surface area contributed by atoms with Gasteiger partial charge in [0.15, 0.2) is 0 Å². The Morgan fingerprint density at radius 2 is 1.62 bits per heavy atom. The second kappa shape index (κ2) is 5.83. The van der Waals surface area contributed by atoms with Gasteiger partial charge in [0, 0.05) is 23.3 Å². The number of hydrogen-bond donors (Lipinski definition) is 1. The molecule has 2 aromatic carbocycles. The standard InChI is InChI=1S/C14H10N4O5S/c15-24(21,22)12-3-1-2-10(8-12)14-17-16-13(23-14)9-4-6-11(7-5-9)18(19)20/h1-8H,(H2,15,21,22). The lowest BCUT2D eigenvalue weighted by atomic mass is 10.2. The van der Waals surface area contributed by atoms with Crippen LogP contribution in [0.1, 0.15) is 0 Å². The fourth-order valence-electron chi connectivity index (χ4n) is 1.99. The van der Waals surface area contributed by atoms with Gasteiger partial charge in [0.2, 0.25) is 21.8 Å². The first-order chi connectivity index (χ1) is 11.3. The first-order valence-electron chi connectivity index (χ1n) is 6.56. The van der Waals surface area contributed by atoms with E-state index in [2.05, 4.69) is 10.2 Å². The maximum Gasteiger partial charge on any atom is 0.269 e. The van der Waals surface area contributed by atoms with Gasteiger partial charge in [0.1, 0.15) is 0 Å². The van der Waals surface area contributed by atoms with Crippen LogP contribution in [0.3, 0.4) is 0 Å². The highest BCUT2D eigenvalue weighted by Crippen LogP contribution is 2.26. The maximum atomic E-state index is 11.4. The van der Waals surface area contributed by atoms with Crippen molar-refractivity contribution < 1.29 is 17.8 Å². The zero-order chi connectivity index (χ0) is 17.3. The minimum Gasteiger partial charge on any atom is -0.416 e. The summed E-state index contributed by atoms with van der Waals surface area (Å²) in [5.41, 5.74) is 0.837. The number of benzene rings is 2. The van der Waals surface area contributed by atoms with E-state index < -0.39 is 14.9 Å². The second-order valence-electron chi connectivity index (χ2n) is 4.79. The van der Waals surface area contributed by atoms with Gasteiger partial charge in [0.05, 0.1) is 9.82 Å². The van der Waals surface area contributed by atoms with Crippen LogP contribution in [0.4, 0.5) is 5.69 Å². The van der Waals surface area contributed by atoms with Crippen LogP contribution >= 0.6 is 0 Å². The fourth-order valence-corrected chi connectivity index (χ4v) is 2.55. The molecule has 122 valence electrons. The van der Waals surface area contributed by atoms with Crippen LogP contribution in [0, 0.1) is 10.1 Å². The third-order valence-corrected chi connectivity index (χ3v) is 4.07. The average molecular weight is 346 g/mol. The van der Waals surface area contributed by atoms with Crippen LogP contribution in [0.2, 0.25) is 0 Å². The SMILES string of the molecule is NS(=O)(=O)c1cccc(-c2nnc(-c3ccc([N+](=O)[O-])cc3)o2)c1. The predicted octanol–water partition coefficient (Wildman–Crippen LogP) is 1.96. The third-order valence-electron chi connectivity index (χ3n) is 3.16. The topological polar surface area (TPSA) is 142 Å². The summed E-state index contributed by atoms with van der Waals surface area (Å²) in [6, 6.07) is 11.4. The van der Waals surface area contributed by atoms with E-state index in [9.17, 15) is 18.5 Å². The van der Waals surface area contributed by atoms with Gasteiger partial charge < -0.3 is 4.42 Å². The van der Waals surface area contributed by atoms with Gasteiger partial charge in [-0.2, -0.15) is 0 Å². The number of nitro benzene ring substituents is 1. The van der Waals surface area contributed by atoms with E-state index in [1.165, 1.54) is 42.5 Å². The number of nitro groups is 1. The molecule has 0 saturated heterocycles. The van der Waals surface area contributed by atoms with Gasteiger partial charge in [0.25, 0.3) is 5.69 Å². The van der Waals surface area contributed by atoms with Crippen LogP contribution < -0.4 is 5.14 Å². The first-order valence-corrected chi connectivity index (χ1v) is 8.11. The summed E-state index contributed by atoms with van der Waals surface area (Å²) in [4.78, 5) is 10.1. The Balaban J connectivity index is 1.95. The molecule has 3 rings (SSSR count). The van der Waals surface area contributed by atoms with Crippen LogP contribution in [0.15, 0.2) is 57.8 Å². The summed E-state index contributed by atoms with van der Waals surface area (Å²) in [6.45, 7) is 0. The third kappa shape index (κ3) is 3.14. The number of sulfonamides is 1. The highest BCUT2D eigenvalue weighted by Gasteiger charge is 2.14. The van der Waals surface area contributed by atoms with Crippen molar-refractivity contribution in [2.24, 2.45) is 5.14 Å². The van der Waals surface area contributed by atoms with Gasteiger partial charge in [-0.1, -0.05) is 6.07 Å². The molecule has 1 heterocycles. The van der Waals surface area contributed by atoms with E-state index >= 15 is 0 Å². The molecule has 0 atom stereocenters. The number of aromatic nitrogens is 2. The van der Waals surface area contributed by atoms with Crippen LogP contribution in [-0.4, -0.2) is 23.5 Å². The molecule has 2 N–H and O–H groups in total. The molecule has 0 unspecified atom stereocenters. The van der Waals surface area contributed by atoms with Crippen LogP contribution in [-0.2, 0) is 10.0 Å². The molecular weight excluding hydrogens is 336 g/mol. The van der Waals surface area contributed by atoms with Gasteiger partial charge in [-0.15, -0.1) is 10.2 Å². The van der Waals surface area contributed by atoms with Crippen molar-refractivity contribution in [1.82, 2.24) is 10.2 Å². The van der Waals surface area contributed by atoms with Crippen molar-refractivity contribution in [2.45, 2.75) is 4.90 Å². The molecule has 0 spiro atoms. The Kier molecular flexibility index (Phi) is 3.83. The number of nitrogens with zero attached hydrogens (tertiary/aromatic N) is 3. The van der Waals surface area contributed by atoms with E-state index in [0.29, 0.717) is 11.1 Å². The summed E-state index contributed by atoms with van der Waals surface area (Å²) in [5, 5.41) is 23.5. The Morgan fingerprint density at radius 3 is 2.21 bits per heavy atom. The van der Waals surface area contributed by atoms with Crippen LogP contribution in [0.5, 0.6) is 0 Å². The van der Waals surface area contributed by atoms with Crippen molar-refractivity contribution in [2.75, 3.05) is 0 Å². The minimum atomic E-state index is -3.85. The van der Waals surface area contributed by atoms with E-state index in [4.69, 9.17) is 9.56 Å². The summed E-state index contributed by atoms with van der Waals surface area (Å²) >= 11 is 0. The molecule has 0 aliphatic rings. The zero-order valence-corrected chi connectivity index (χ0v) is 12.8. The van der Waals surface area contributed by atoms with Gasteiger partial charge in [-0.05, 0) is 30.3 Å². The Bertz CT molecular complexity index is 1010. The lowest BCUT2D eigenvalue weighted by molar-refractivity contribution is -0.384. The molecular formula is C14H10N4O5S. The molecule has 0 aliphatic carbocycles. The van der Waals surface area contributed by atoms with Crippen molar-refractivity contribution in [3.05, 3.63) is 58.6 Å². The lowest BCUT2D eigenvalue weighted by Gasteiger charge is -1.99. The average Bonchev–Trinajstić information content (AvgIpc) is 3.04. The molecule has 0 fully saturated rings. The monoisotopic (exact) mass is 346 g/mol.